The molecule has 90 valence electrons. The standard InChI is InChI=1S/C12H14BrN3O/c1-8(2)7-14-12-15-11(16-17-12)9-3-5-10(13)6-4-9/h3-6,8H,7H2,1-2H3,(H,14,15,16). The van der Waals surface area contributed by atoms with Crippen molar-refractivity contribution in [3.63, 3.8) is 0 Å². The van der Waals surface area contributed by atoms with Crippen LogP contribution in [0.1, 0.15) is 13.8 Å². The molecule has 1 aromatic carbocycles. The molecule has 4 nitrogen and oxygen atoms in total. The van der Waals surface area contributed by atoms with Gasteiger partial charge in [-0.2, -0.15) is 4.98 Å². The fourth-order valence-corrected chi connectivity index (χ4v) is 1.57. The van der Waals surface area contributed by atoms with E-state index in [0.29, 0.717) is 17.8 Å². The van der Waals surface area contributed by atoms with Crippen molar-refractivity contribution >= 4 is 21.9 Å². The first-order chi connectivity index (χ1) is 8.15. The monoisotopic (exact) mass is 295 g/mol. The van der Waals surface area contributed by atoms with Crippen molar-refractivity contribution in [1.29, 1.82) is 0 Å². The van der Waals surface area contributed by atoms with Gasteiger partial charge in [0.2, 0.25) is 5.82 Å². The van der Waals surface area contributed by atoms with Crippen LogP contribution in [-0.4, -0.2) is 16.7 Å². The van der Waals surface area contributed by atoms with Gasteiger partial charge in [0.1, 0.15) is 0 Å². The zero-order valence-corrected chi connectivity index (χ0v) is 11.4. The Balaban J connectivity index is 2.10. The molecule has 0 radical (unpaired) electrons. The van der Waals surface area contributed by atoms with Crippen LogP contribution in [0, 0.1) is 5.92 Å². The third-order valence-corrected chi connectivity index (χ3v) is 2.72. The lowest BCUT2D eigenvalue weighted by atomic mass is 10.2. The smallest absolute Gasteiger partial charge is 0.321 e. The van der Waals surface area contributed by atoms with E-state index in [4.69, 9.17) is 4.52 Å². The minimum absolute atomic E-state index is 0.469. The summed E-state index contributed by atoms with van der Waals surface area (Å²) in [6.45, 7) is 5.07. The van der Waals surface area contributed by atoms with Crippen molar-refractivity contribution < 1.29 is 4.52 Å². The maximum absolute atomic E-state index is 5.12. The lowest BCUT2D eigenvalue weighted by Crippen LogP contribution is -2.07. The minimum Gasteiger partial charge on any atom is -0.337 e. The average molecular weight is 296 g/mol. The van der Waals surface area contributed by atoms with Crippen molar-refractivity contribution in [2.75, 3.05) is 11.9 Å². The second-order valence-corrected chi connectivity index (χ2v) is 5.12. The van der Waals surface area contributed by atoms with Crippen molar-refractivity contribution in [3.8, 4) is 11.4 Å². The summed E-state index contributed by atoms with van der Waals surface area (Å²) in [5.74, 6) is 1.14. The van der Waals surface area contributed by atoms with Crippen LogP contribution < -0.4 is 5.32 Å². The fourth-order valence-electron chi connectivity index (χ4n) is 1.30. The summed E-state index contributed by atoms with van der Waals surface area (Å²) < 4.78 is 6.15. The summed E-state index contributed by atoms with van der Waals surface area (Å²) in [7, 11) is 0. The Labute approximate surface area is 109 Å². The van der Waals surface area contributed by atoms with Crippen molar-refractivity contribution in [2.24, 2.45) is 5.92 Å². The highest BCUT2D eigenvalue weighted by molar-refractivity contribution is 9.10. The third kappa shape index (κ3) is 3.30. The van der Waals surface area contributed by atoms with Gasteiger partial charge in [-0.1, -0.05) is 34.9 Å². The predicted octanol–water partition coefficient (Wildman–Crippen LogP) is 3.57. The first-order valence-corrected chi connectivity index (χ1v) is 6.28. The molecule has 2 rings (SSSR count). The van der Waals surface area contributed by atoms with E-state index in [-0.39, 0.29) is 0 Å². The van der Waals surface area contributed by atoms with Crippen LogP contribution in [0.4, 0.5) is 6.01 Å². The Morgan fingerprint density at radius 2 is 2.00 bits per heavy atom. The summed E-state index contributed by atoms with van der Waals surface area (Å²) >= 11 is 3.39. The molecule has 1 N–H and O–H groups in total. The molecule has 5 heteroatoms. The Bertz CT molecular complexity index is 479. The van der Waals surface area contributed by atoms with Crippen molar-refractivity contribution in [2.45, 2.75) is 13.8 Å². The summed E-state index contributed by atoms with van der Waals surface area (Å²) in [6.07, 6.45) is 0. The van der Waals surface area contributed by atoms with Gasteiger partial charge in [-0.15, -0.1) is 0 Å². The molecule has 0 aliphatic carbocycles. The molecule has 0 amide bonds. The molecular weight excluding hydrogens is 282 g/mol. The average Bonchev–Trinajstić information content (AvgIpc) is 2.76. The minimum atomic E-state index is 0.469. The molecule has 0 aliphatic heterocycles. The van der Waals surface area contributed by atoms with E-state index in [1.165, 1.54) is 0 Å². The number of anilines is 1. The van der Waals surface area contributed by atoms with E-state index in [2.05, 4.69) is 45.2 Å². The number of nitrogens with zero attached hydrogens (tertiary/aromatic N) is 2. The van der Waals surface area contributed by atoms with E-state index in [0.717, 1.165) is 16.6 Å². The van der Waals surface area contributed by atoms with E-state index in [9.17, 15) is 0 Å². The number of halogens is 1. The first kappa shape index (κ1) is 12.1. The van der Waals surface area contributed by atoms with Gasteiger partial charge in [0.05, 0.1) is 0 Å². The van der Waals surface area contributed by atoms with E-state index >= 15 is 0 Å². The number of hydrogen-bond acceptors (Lipinski definition) is 4. The van der Waals surface area contributed by atoms with Gasteiger partial charge in [-0.05, 0) is 30.2 Å². The maximum Gasteiger partial charge on any atom is 0.321 e. The molecule has 0 atom stereocenters. The Morgan fingerprint density at radius 3 is 2.65 bits per heavy atom. The lowest BCUT2D eigenvalue weighted by Gasteiger charge is -2.02. The highest BCUT2D eigenvalue weighted by atomic mass is 79.9. The highest BCUT2D eigenvalue weighted by Gasteiger charge is 2.08. The highest BCUT2D eigenvalue weighted by Crippen LogP contribution is 2.20. The van der Waals surface area contributed by atoms with Crippen LogP contribution in [0.2, 0.25) is 0 Å². The van der Waals surface area contributed by atoms with Gasteiger partial charge in [-0.25, -0.2) is 0 Å². The van der Waals surface area contributed by atoms with Crippen LogP contribution in [0.25, 0.3) is 11.4 Å². The van der Waals surface area contributed by atoms with Gasteiger partial charge < -0.3 is 9.84 Å². The van der Waals surface area contributed by atoms with Crippen LogP contribution in [0.5, 0.6) is 0 Å². The molecule has 0 bridgehead atoms. The first-order valence-electron chi connectivity index (χ1n) is 5.48. The topological polar surface area (TPSA) is 51.0 Å². The van der Waals surface area contributed by atoms with E-state index < -0.39 is 0 Å². The SMILES string of the molecule is CC(C)CNc1nc(-c2ccc(Br)cc2)no1. The molecule has 0 fully saturated rings. The molecule has 0 unspecified atom stereocenters. The Hall–Kier alpha value is -1.36. The maximum atomic E-state index is 5.12. The fraction of sp³-hybridized carbons (Fsp3) is 0.333. The van der Waals surface area contributed by atoms with Crippen LogP contribution in [0.15, 0.2) is 33.3 Å². The summed E-state index contributed by atoms with van der Waals surface area (Å²) in [6, 6.07) is 8.26. The normalized spacial score (nSPS) is 10.8. The Morgan fingerprint density at radius 1 is 1.29 bits per heavy atom. The van der Waals surface area contributed by atoms with Crippen LogP contribution >= 0.6 is 15.9 Å². The predicted molar refractivity (Wildman–Crippen MR) is 70.8 cm³/mol. The van der Waals surface area contributed by atoms with Gasteiger partial charge in [0.15, 0.2) is 0 Å². The summed E-state index contributed by atoms with van der Waals surface area (Å²) in [5.41, 5.74) is 0.939. The molecule has 0 aliphatic rings. The van der Waals surface area contributed by atoms with Gasteiger partial charge in [-0.3, -0.25) is 0 Å². The number of benzene rings is 1. The number of hydrogen-bond donors (Lipinski definition) is 1. The summed E-state index contributed by atoms with van der Waals surface area (Å²) in [5, 5.41) is 7.03. The van der Waals surface area contributed by atoms with Crippen LogP contribution in [-0.2, 0) is 0 Å². The Kier molecular flexibility index (Phi) is 3.78. The molecule has 0 saturated carbocycles. The van der Waals surface area contributed by atoms with Crippen LogP contribution in [0.3, 0.4) is 0 Å². The second-order valence-electron chi connectivity index (χ2n) is 4.20. The third-order valence-electron chi connectivity index (χ3n) is 2.19. The van der Waals surface area contributed by atoms with Gasteiger partial charge in [0.25, 0.3) is 0 Å². The number of rotatable bonds is 4. The molecule has 0 spiro atoms. The molecular formula is C12H14BrN3O. The molecule has 1 aromatic heterocycles. The van der Waals surface area contributed by atoms with Gasteiger partial charge >= 0.3 is 6.01 Å². The van der Waals surface area contributed by atoms with Crippen molar-refractivity contribution in [3.05, 3.63) is 28.7 Å². The lowest BCUT2D eigenvalue weighted by molar-refractivity contribution is 0.430. The quantitative estimate of drug-likeness (QED) is 0.937. The number of aromatic nitrogens is 2. The second kappa shape index (κ2) is 5.31. The molecule has 17 heavy (non-hydrogen) atoms. The molecule has 1 heterocycles. The molecule has 0 saturated heterocycles. The van der Waals surface area contributed by atoms with Crippen molar-refractivity contribution in [1.82, 2.24) is 10.1 Å². The van der Waals surface area contributed by atoms with E-state index in [1.807, 2.05) is 24.3 Å². The van der Waals surface area contributed by atoms with E-state index in [1.54, 1.807) is 0 Å². The summed E-state index contributed by atoms with van der Waals surface area (Å²) in [4.78, 5) is 4.28. The zero-order valence-electron chi connectivity index (χ0n) is 9.77. The van der Waals surface area contributed by atoms with Gasteiger partial charge in [0, 0.05) is 16.6 Å². The largest absolute Gasteiger partial charge is 0.337 e. The molecule has 2 aromatic rings. The zero-order chi connectivity index (χ0) is 12.3. The number of nitrogens with one attached hydrogen (secondary N) is 1.